The zero-order valence-electron chi connectivity index (χ0n) is 13.2. The van der Waals surface area contributed by atoms with E-state index in [9.17, 15) is 4.79 Å². The number of carbonyl (C=O) groups is 1. The van der Waals surface area contributed by atoms with Gasteiger partial charge in [0.25, 0.3) is 5.91 Å². The van der Waals surface area contributed by atoms with Crippen LogP contribution in [0, 0.1) is 0 Å². The van der Waals surface area contributed by atoms with Gasteiger partial charge in [0.1, 0.15) is 17.5 Å². The second kappa shape index (κ2) is 6.16. The number of nitrogens with zero attached hydrogens (tertiary/aromatic N) is 4. The highest BCUT2D eigenvalue weighted by atomic mass is 16.5. The first-order valence-electron chi connectivity index (χ1n) is 8.01. The van der Waals surface area contributed by atoms with Gasteiger partial charge in [-0.2, -0.15) is 0 Å². The third kappa shape index (κ3) is 2.94. The Morgan fingerprint density at radius 3 is 2.83 bits per heavy atom. The van der Waals surface area contributed by atoms with Gasteiger partial charge in [-0.3, -0.25) is 9.78 Å². The smallest absolute Gasteiger partial charge is 0.291 e. The fourth-order valence-electron chi connectivity index (χ4n) is 3.26. The predicted molar refractivity (Wildman–Crippen MR) is 84.5 cm³/mol. The maximum absolute atomic E-state index is 12.3. The van der Waals surface area contributed by atoms with Crippen molar-refractivity contribution in [2.24, 2.45) is 0 Å². The van der Waals surface area contributed by atoms with Gasteiger partial charge in [0.05, 0.1) is 25.9 Å². The highest BCUT2D eigenvalue weighted by Gasteiger charge is 2.50. The van der Waals surface area contributed by atoms with Gasteiger partial charge >= 0.3 is 0 Å². The number of rotatable bonds is 3. The van der Waals surface area contributed by atoms with Crippen molar-refractivity contribution in [3.8, 4) is 5.75 Å². The molecule has 0 aromatic carbocycles. The lowest BCUT2D eigenvalue weighted by Crippen LogP contribution is -2.67. The summed E-state index contributed by atoms with van der Waals surface area (Å²) in [6, 6.07) is 5.45. The maximum atomic E-state index is 12.3. The molecular formula is C17H18N4O3. The first-order chi connectivity index (χ1) is 11.7. The van der Waals surface area contributed by atoms with Crippen LogP contribution in [0.5, 0.6) is 5.75 Å². The van der Waals surface area contributed by atoms with E-state index >= 15 is 0 Å². The molecule has 7 heteroatoms. The molecule has 0 N–H and O–H groups in total. The average molecular weight is 326 g/mol. The van der Waals surface area contributed by atoms with Gasteiger partial charge in [-0.25, -0.2) is 9.97 Å². The van der Waals surface area contributed by atoms with E-state index in [1.54, 1.807) is 35.8 Å². The third-order valence-electron chi connectivity index (χ3n) is 4.39. The fourth-order valence-corrected chi connectivity index (χ4v) is 3.26. The molecule has 24 heavy (non-hydrogen) atoms. The molecule has 2 saturated heterocycles. The van der Waals surface area contributed by atoms with Gasteiger partial charge < -0.3 is 14.4 Å². The minimum absolute atomic E-state index is 0.0770. The van der Waals surface area contributed by atoms with E-state index in [1.807, 2.05) is 12.1 Å². The molecule has 1 atom stereocenters. The topological polar surface area (TPSA) is 77.4 Å². The van der Waals surface area contributed by atoms with Crippen LogP contribution >= 0.6 is 0 Å². The van der Waals surface area contributed by atoms with Gasteiger partial charge in [0.15, 0.2) is 0 Å². The minimum atomic E-state index is -0.310. The number of ether oxygens (including phenoxy) is 2. The Kier molecular flexibility index (Phi) is 3.86. The molecule has 2 fully saturated rings. The zero-order valence-corrected chi connectivity index (χ0v) is 13.2. The van der Waals surface area contributed by atoms with Crippen LogP contribution in [0.3, 0.4) is 0 Å². The number of carbonyl (C=O) groups excluding carboxylic acids is 1. The number of amides is 1. The molecule has 124 valence electrons. The van der Waals surface area contributed by atoms with Crippen LogP contribution in [0.2, 0.25) is 0 Å². The number of hydrogen-bond acceptors (Lipinski definition) is 6. The summed E-state index contributed by atoms with van der Waals surface area (Å²) in [4.78, 5) is 26.1. The number of pyridine rings is 1. The normalized spacial score (nSPS) is 22.0. The summed E-state index contributed by atoms with van der Waals surface area (Å²) in [6.07, 6.45) is 8.27. The van der Waals surface area contributed by atoms with E-state index in [0.717, 1.165) is 18.6 Å². The summed E-state index contributed by atoms with van der Waals surface area (Å²) in [5, 5.41) is 0. The minimum Gasteiger partial charge on any atom is -0.489 e. The van der Waals surface area contributed by atoms with Gasteiger partial charge in [-0.15, -0.1) is 0 Å². The van der Waals surface area contributed by atoms with Gasteiger partial charge in [0, 0.05) is 31.4 Å². The van der Waals surface area contributed by atoms with E-state index in [-0.39, 0.29) is 23.4 Å². The number of likely N-dealkylation sites (tertiary alicyclic amines) is 1. The Balaban J connectivity index is 1.36. The SMILES string of the molecule is O=C(c1ncccn1)N1CC2(C[C@H](Oc3cccnc3)CCO2)C1. The van der Waals surface area contributed by atoms with Crippen LogP contribution < -0.4 is 4.74 Å². The van der Waals surface area contributed by atoms with Crippen LogP contribution in [0.15, 0.2) is 43.0 Å². The molecule has 2 aliphatic rings. The molecule has 0 saturated carbocycles. The van der Waals surface area contributed by atoms with Crippen molar-refractivity contribution in [2.75, 3.05) is 19.7 Å². The molecular weight excluding hydrogens is 308 g/mol. The molecule has 2 aliphatic heterocycles. The summed E-state index contributed by atoms with van der Waals surface area (Å²) in [5.74, 6) is 0.843. The first-order valence-corrected chi connectivity index (χ1v) is 8.01. The molecule has 1 spiro atoms. The van der Waals surface area contributed by atoms with Crippen molar-refractivity contribution in [2.45, 2.75) is 24.5 Å². The largest absolute Gasteiger partial charge is 0.489 e. The summed E-state index contributed by atoms with van der Waals surface area (Å²) in [7, 11) is 0. The molecule has 0 unspecified atom stereocenters. The van der Waals surface area contributed by atoms with E-state index in [4.69, 9.17) is 9.47 Å². The molecule has 2 aromatic heterocycles. The summed E-state index contributed by atoms with van der Waals surface area (Å²) < 4.78 is 12.0. The van der Waals surface area contributed by atoms with Gasteiger partial charge in [-0.05, 0) is 18.2 Å². The molecule has 0 bridgehead atoms. The molecule has 4 heterocycles. The average Bonchev–Trinajstić information content (AvgIpc) is 2.61. The van der Waals surface area contributed by atoms with Crippen molar-refractivity contribution in [1.29, 1.82) is 0 Å². The van der Waals surface area contributed by atoms with Crippen LogP contribution in [0.4, 0.5) is 0 Å². The van der Waals surface area contributed by atoms with E-state index in [2.05, 4.69) is 15.0 Å². The zero-order chi connectivity index (χ0) is 16.4. The third-order valence-corrected chi connectivity index (χ3v) is 4.39. The molecule has 0 aliphatic carbocycles. The molecule has 1 amide bonds. The van der Waals surface area contributed by atoms with Crippen molar-refractivity contribution in [1.82, 2.24) is 19.9 Å². The lowest BCUT2D eigenvalue weighted by molar-refractivity contribution is -0.173. The van der Waals surface area contributed by atoms with E-state index in [1.165, 1.54) is 0 Å². The molecule has 7 nitrogen and oxygen atoms in total. The quantitative estimate of drug-likeness (QED) is 0.847. The summed E-state index contributed by atoms with van der Waals surface area (Å²) in [6.45, 7) is 1.74. The number of hydrogen-bond donors (Lipinski definition) is 0. The van der Waals surface area contributed by atoms with Gasteiger partial charge in [-0.1, -0.05) is 0 Å². The van der Waals surface area contributed by atoms with Crippen LogP contribution in [-0.2, 0) is 4.74 Å². The van der Waals surface area contributed by atoms with Gasteiger partial charge in [0.2, 0.25) is 5.82 Å². The van der Waals surface area contributed by atoms with Crippen molar-refractivity contribution in [3.63, 3.8) is 0 Å². The molecule has 2 aromatic rings. The van der Waals surface area contributed by atoms with E-state index < -0.39 is 0 Å². The Morgan fingerprint density at radius 2 is 2.08 bits per heavy atom. The van der Waals surface area contributed by atoms with Crippen LogP contribution in [0.1, 0.15) is 23.5 Å². The monoisotopic (exact) mass is 326 g/mol. The Hall–Kier alpha value is -2.54. The first kappa shape index (κ1) is 15.0. The second-order valence-electron chi connectivity index (χ2n) is 6.19. The van der Waals surface area contributed by atoms with Crippen molar-refractivity contribution < 1.29 is 14.3 Å². The Bertz CT molecular complexity index is 704. The highest BCUT2D eigenvalue weighted by Crippen LogP contribution is 2.36. The molecule has 0 radical (unpaired) electrons. The Morgan fingerprint density at radius 1 is 1.25 bits per heavy atom. The van der Waals surface area contributed by atoms with Crippen molar-refractivity contribution >= 4 is 5.91 Å². The standard InChI is InChI=1S/C17H18N4O3/c22-16(15-19-6-2-7-20-15)21-11-17(12-21)9-13(4-8-23-17)24-14-3-1-5-18-10-14/h1-3,5-7,10,13H,4,8-9,11-12H2/t13-/m1/s1. The molecule has 4 rings (SSSR count). The lowest BCUT2D eigenvalue weighted by atomic mass is 9.84. The lowest BCUT2D eigenvalue weighted by Gasteiger charge is -2.52. The summed E-state index contributed by atoms with van der Waals surface area (Å²) in [5.41, 5.74) is -0.310. The van der Waals surface area contributed by atoms with Crippen LogP contribution in [-0.4, -0.2) is 57.2 Å². The van der Waals surface area contributed by atoms with E-state index in [0.29, 0.717) is 19.7 Å². The second-order valence-corrected chi connectivity index (χ2v) is 6.19. The maximum Gasteiger partial charge on any atom is 0.291 e. The summed E-state index contributed by atoms with van der Waals surface area (Å²) >= 11 is 0. The van der Waals surface area contributed by atoms with Crippen molar-refractivity contribution in [3.05, 3.63) is 48.8 Å². The highest BCUT2D eigenvalue weighted by molar-refractivity contribution is 5.91. The predicted octanol–water partition coefficient (Wildman–Crippen LogP) is 1.32. The van der Waals surface area contributed by atoms with Crippen LogP contribution in [0.25, 0.3) is 0 Å². The fraction of sp³-hybridized carbons (Fsp3) is 0.412. The number of aromatic nitrogens is 3. The Labute approximate surface area is 139 Å².